The zero-order chi connectivity index (χ0) is 13.7. The first-order valence-electron chi connectivity index (χ1n) is 7.34. The van der Waals surface area contributed by atoms with Crippen LogP contribution < -0.4 is 5.32 Å². The summed E-state index contributed by atoms with van der Waals surface area (Å²) in [4.78, 5) is 2.30. The normalized spacial score (nSPS) is 32.3. The van der Waals surface area contributed by atoms with E-state index in [1.165, 1.54) is 0 Å². The molecule has 2 unspecified atom stereocenters. The lowest BCUT2D eigenvalue weighted by Gasteiger charge is -2.26. The molecule has 2 aliphatic heterocycles. The summed E-state index contributed by atoms with van der Waals surface area (Å²) < 4.78 is 28.8. The van der Waals surface area contributed by atoms with E-state index in [0.717, 1.165) is 45.7 Å². The smallest absolute Gasteiger partial charge is 0.151 e. The lowest BCUT2D eigenvalue weighted by Crippen LogP contribution is -2.42. The quantitative estimate of drug-likeness (QED) is 0.779. The summed E-state index contributed by atoms with van der Waals surface area (Å²) in [7, 11) is -2.80. The van der Waals surface area contributed by atoms with Crippen molar-refractivity contribution in [1.29, 1.82) is 0 Å². The van der Waals surface area contributed by atoms with Gasteiger partial charge in [0.2, 0.25) is 0 Å². The number of hydrogen-bond donors (Lipinski definition) is 1. The van der Waals surface area contributed by atoms with Gasteiger partial charge in [-0.1, -0.05) is 6.92 Å². The highest BCUT2D eigenvalue weighted by molar-refractivity contribution is 7.91. The van der Waals surface area contributed by atoms with Crippen molar-refractivity contribution in [3.63, 3.8) is 0 Å². The van der Waals surface area contributed by atoms with Crippen LogP contribution in [0.4, 0.5) is 0 Å². The molecule has 0 aromatic carbocycles. The zero-order valence-corrected chi connectivity index (χ0v) is 12.6. The summed E-state index contributed by atoms with van der Waals surface area (Å²) in [6, 6.07) is 0.430. The van der Waals surface area contributed by atoms with E-state index in [2.05, 4.69) is 17.1 Å². The van der Waals surface area contributed by atoms with Gasteiger partial charge < -0.3 is 15.0 Å². The first-order chi connectivity index (χ1) is 9.11. The topological polar surface area (TPSA) is 58.6 Å². The molecule has 2 aliphatic rings. The molecule has 5 nitrogen and oxygen atoms in total. The highest BCUT2D eigenvalue weighted by atomic mass is 32.2. The van der Waals surface area contributed by atoms with Gasteiger partial charge in [0.15, 0.2) is 9.84 Å². The predicted molar refractivity (Wildman–Crippen MR) is 76.1 cm³/mol. The van der Waals surface area contributed by atoms with Gasteiger partial charge in [-0.2, -0.15) is 0 Å². The van der Waals surface area contributed by atoms with E-state index < -0.39 is 9.84 Å². The minimum atomic E-state index is -2.80. The minimum absolute atomic E-state index is 0.313. The molecule has 2 saturated heterocycles. The van der Waals surface area contributed by atoms with Crippen molar-refractivity contribution in [2.75, 3.05) is 50.9 Å². The van der Waals surface area contributed by atoms with Gasteiger partial charge in [0, 0.05) is 25.0 Å². The first-order valence-corrected chi connectivity index (χ1v) is 9.17. The molecule has 1 N–H and O–H groups in total. The Morgan fingerprint density at radius 1 is 1.26 bits per heavy atom. The molecule has 0 saturated carbocycles. The molecule has 0 aliphatic carbocycles. The molecule has 0 radical (unpaired) electrons. The molecular weight excluding hydrogens is 264 g/mol. The Labute approximate surface area is 116 Å². The van der Waals surface area contributed by atoms with Crippen LogP contribution in [0, 0.1) is 5.92 Å². The van der Waals surface area contributed by atoms with Gasteiger partial charge >= 0.3 is 0 Å². The molecule has 0 aromatic heterocycles. The minimum Gasteiger partial charge on any atom is -0.379 e. The van der Waals surface area contributed by atoms with E-state index >= 15 is 0 Å². The third kappa shape index (κ3) is 4.70. The monoisotopic (exact) mass is 290 g/mol. The average Bonchev–Trinajstić information content (AvgIpc) is 2.72. The van der Waals surface area contributed by atoms with Gasteiger partial charge in [0.05, 0.1) is 24.7 Å². The Balaban J connectivity index is 1.82. The van der Waals surface area contributed by atoms with E-state index in [1.807, 2.05) is 0 Å². The molecule has 0 spiro atoms. The molecule has 112 valence electrons. The molecular formula is C13H26N2O3S. The number of nitrogens with one attached hydrogen (secondary N) is 1. The lowest BCUT2D eigenvalue weighted by atomic mass is 10.0. The van der Waals surface area contributed by atoms with Crippen molar-refractivity contribution in [2.24, 2.45) is 5.92 Å². The fraction of sp³-hybridized carbons (Fsp3) is 1.00. The maximum absolute atomic E-state index is 11.6. The van der Waals surface area contributed by atoms with E-state index in [-0.39, 0.29) is 0 Å². The Bertz CT molecular complexity index is 372. The molecule has 0 aromatic rings. The van der Waals surface area contributed by atoms with E-state index in [9.17, 15) is 8.42 Å². The van der Waals surface area contributed by atoms with Crippen molar-refractivity contribution in [3.8, 4) is 0 Å². The SMILES string of the molecule is CCCNC1COCC1CN1CCCS(=O)(=O)CC1. The van der Waals surface area contributed by atoms with Crippen LogP contribution in [0.5, 0.6) is 0 Å². The zero-order valence-electron chi connectivity index (χ0n) is 11.8. The van der Waals surface area contributed by atoms with Gasteiger partial charge in [-0.25, -0.2) is 8.42 Å². The summed E-state index contributed by atoms with van der Waals surface area (Å²) in [6.45, 7) is 7.31. The second-order valence-corrected chi connectivity index (χ2v) is 7.97. The van der Waals surface area contributed by atoms with E-state index in [1.54, 1.807) is 0 Å². The van der Waals surface area contributed by atoms with Crippen LogP contribution in [0.2, 0.25) is 0 Å². The maximum atomic E-state index is 11.6. The Kier molecular flexibility index (Phi) is 5.62. The van der Waals surface area contributed by atoms with Crippen LogP contribution in [0.3, 0.4) is 0 Å². The standard InChI is InChI=1S/C13H26N2O3S/c1-2-4-14-13-11-18-10-12(13)9-15-5-3-7-19(16,17)8-6-15/h12-14H,2-11H2,1H3. The Morgan fingerprint density at radius 2 is 2.11 bits per heavy atom. The lowest BCUT2D eigenvalue weighted by molar-refractivity contribution is 0.169. The number of rotatable bonds is 5. The molecule has 2 rings (SSSR count). The Hall–Kier alpha value is -0.170. The largest absolute Gasteiger partial charge is 0.379 e. The molecule has 6 heteroatoms. The molecule has 19 heavy (non-hydrogen) atoms. The molecule has 2 heterocycles. The van der Waals surface area contributed by atoms with Gasteiger partial charge in [0.1, 0.15) is 0 Å². The first kappa shape index (κ1) is 15.2. The second-order valence-electron chi connectivity index (χ2n) is 5.66. The van der Waals surface area contributed by atoms with Crippen molar-refractivity contribution < 1.29 is 13.2 Å². The third-order valence-corrected chi connectivity index (χ3v) is 5.71. The van der Waals surface area contributed by atoms with Crippen LogP contribution in [0.25, 0.3) is 0 Å². The predicted octanol–water partition coefficient (Wildman–Crippen LogP) is 0.122. The summed E-state index contributed by atoms with van der Waals surface area (Å²) >= 11 is 0. The van der Waals surface area contributed by atoms with Crippen molar-refractivity contribution in [1.82, 2.24) is 10.2 Å². The highest BCUT2D eigenvalue weighted by Gasteiger charge is 2.30. The average molecular weight is 290 g/mol. The maximum Gasteiger partial charge on any atom is 0.151 e. The Morgan fingerprint density at radius 3 is 2.89 bits per heavy atom. The molecule has 2 fully saturated rings. The van der Waals surface area contributed by atoms with Crippen LogP contribution in [-0.2, 0) is 14.6 Å². The summed E-state index contributed by atoms with van der Waals surface area (Å²) in [5, 5.41) is 3.53. The fourth-order valence-corrected chi connectivity index (χ4v) is 4.15. The summed E-state index contributed by atoms with van der Waals surface area (Å²) in [6.07, 6.45) is 1.90. The molecule has 0 amide bonds. The van der Waals surface area contributed by atoms with Crippen molar-refractivity contribution in [2.45, 2.75) is 25.8 Å². The van der Waals surface area contributed by atoms with Crippen molar-refractivity contribution in [3.05, 3.63) is 0 Å². The van der Waals surface area contributed by atoms with Crippen molar-refractivity contribution >= 4 is 9.84 Å². The number of nitrogens with zero attached hydrogens (tertiary/aromatic N) is 1. The number of sulfone groups is 1. The third-order valence-electron chi connectivity index (χ3n) is 4.00. The van der Waals surface area contributed by atoms with Gasteiger partial charge in [-0.15, -0.1) is 0 Å². The fourth-order valence-electron chi connectivity index (χ4n) is 2.84. The van der Waals surface area contributed by atoms with Gasteiger partial charge in [-0.3, -0.25) is 0 Å². The second kappa shape index (κ2) is 7.02. The van der Waals surface area contributed by atoms with Gasteiger partial charge in [-0.05, 0) is 25.9 Å². The van der Waals surface area contributed by atoms with Crippen LogP contribution in [-0.4, -0.2) is 70.3 Å². The number of hydrogen-bond acceptors (Lipinski definition) is 5. The van der Waals surface area contributed by atoms with E-state index in [4.69, 9.17) is 4.74 Å². The van der Waals surface area contributed by atoms with Gasteiger partial charge in [0.25, 0.3) is 0 Å². The van der Waals surface area contributed by atoms with E-state index in [0.29, 0.717) is 30.0 Å². The van der Waals surface area contributed by atoms with Crippen LogP contribution in [0.1, 0.15) is 19.8 Å². The highest BCUT2D eigenvalue weighted by Crippen LogP contribution is 2.17. The summed E-state index contributed by atoms with van der Waals surface area (Å²) in [5.41, 5.74) is 0. The molecule has 0 bridgehead atoms. The van der Waals surface area contributed by atoms with Crippen LogP contribution >= 0.6 is 0 Å². The number of ether oxygens (including phenoxy) is 1. The molecule has 2 atom stereocenters. The summed E-state index contributed by atoms with van der Waals surface area (Å²) in [5.74, 6) is 1.16. The van der Waals surface area contributed by atoms with Crippen LogP contribution in [0.15, 0.2) is 0 Å².